The van der Waals surface area contributed by atoms with Gasteiger partial charge < -0.3 is 15.3 Å². The zero-order valence-electron chi connectivity index (χ0n) is 11.6. The number of benzene rings is 1. The molecule has 2 unspecified atom stereocenters. The van der Waals surface area contributed by atoms with Gasteiger partial charge in [-0.25, -0.2) is 0 Å². The maximum atomic E-state index is 12.1. The van der Waals surface area contributed by atoms with Gasteiger partial charge in [0.25, 0.3) is 5.91 Å². The standard InChI is InChI=1S/C15H22N2O2/c1-17(2)12-9-7-11(8-10-12)15(19)16-13-5-3-4-6-14(13)18/h7-10,13-14,18H,3-6H2,1-2H3,(H,16,19). The molecule has 1 aliphatic rings. The van der Waals surface area contributed by atoms with E-state index in [4.69, 9.17) is 0 Å². The van der Waals surface area contributed by atoms with Crippen molar-refractivity contribution in [3.8, 4) is 0 Å². The van der Waals surface area contributed by atoms with Crippen molar-refractivity contribution in [2.24, 2.45) is 0 Å². The highest BCUT2D eigenvalue weighted by Crippen LogP contribution is 2.19. The predicted octanol–water partition coefficient (Wildman–Crippen LogP) is 1.79. The third kappa shape index (κ3) is 3.47. The van der Waals surface area contributed by atoms with E-state index in [2.05, 4.69) is 5.32 Å². The molecule has 1 fully saturated rings. The monoisotopic (exact) mass is 262 g/mol. The Balaban J connectivity index is 1.99. The minimum absolute atomic E-state index is 0.101. The maximum Gasteiger partial charge on any atom is 0.251 e. The molecular weight excluding hydrogens is 240 g/mol. The molecule has 1 aromatic carbocycles. The van der Waals surface area contributed by atoms with Crippen LogP contribution in [0.2, 0.25) is 0 Å². The van der Waals surface area contributed by atoms with Gasteiger partial charge in [-0.1, -0.05) is 12.8 Å². The largest absolute Gasteiger partial charge is 0.391 e. The van der Waals surface area contributed by atoms with Crippen molar-refractivity contribution in [3.63, 3.8) is 0 Å². The lowest BCUT2D eigenvalue weighted by molar-refractivity contribution is 0.0717. The van der Waals surface area contributed by atoms with Gasteiger partial charge >= 0.3 is 0 Å². The van der Waals surface area contributed by atoms with Crippen LogP contribution in [0.15, 0.2) is 24.3 Å². The highest BCUT2D eigenvalue weighted by molar-refractivity contribution is 5.94. The van der Waals surface area contributed by atoms with E-state index in [9.17, 15) is 9.90 Å². The Morgan fingerprint density at radius 2 is 1.84 bits per heavy atom. The van der Waals surface area contributed by atoms with Crippen LogP contribution < -0.4 is 10.2 Å². The minimum atomic E-state index is -0.404. The number of hydrogen-bond donors (Lipinski definition) is 2. The molecule has 4 heteroatoms. The van der Waals surface area contributed by atoms with Crippen LogP contribution in [-0.2, 0) is 0 Å². The molecule has 0 aliphatic heterocycles. The van der Waals surface area contributed by atoms with Gasteiger partial charge in [-0.05, 0) is 37.1 Å². The van der Waals surface area contributed by atoms with Gasteiger partial charge in [0.05, 0.1) is 12.1 Å². The first-order chi connectivity index (χ1) is 9.08. The molecule has 19 heavy (non-hydrogen) atoms. The predicted molar refractivity (Wildman–Crippen MR) is 76.5 cm³/mol. The lowest BCUT2D eigenvalue weighted by Crippen LogP contribution is -2.45. The summed E-state index contributed by atoms with van der Waals surface area (Å²) in [7, 11) is 3.93. The number of carbonyl (C=O) groups is 1. The topological polar surface area (TPSA) is 52.6 Å². The second-order valence-electron chi connectivity index (χ2n) is 5.37. The van der Waals surface area contributed by atoms with Gasteiger partial charge in [0, 0.05) is 25.3 Å². The summed E-state index contributed by atoms with van der Waals surface area (Å²) < 4.78 is 0. The van der Waals surface area contributed by atoms with Gasteiger partial charge in [0.15, 0.2) is 0 Å². The number of nitrogens with one attached hydrogen (secondary N) is 1. The molecular formula is C15H22N2O2. The normalized spacial score (nSPS) is 22.9. The van der Waals surface area contributed by atoms with Crippen LogP contribution in [0.3, 0.4) is 0 Å². The average Bonchev–Trinajstić information content (AvgIpc) is 2.41. The molecule has 0 radical (unpaired) electrons. The van der Waals surface area contributed by atoms with Crippen LogP contribution in [0.5, 0.6) is 0 Å². The fraction of sp³-hybridized carbons (Fsp3) is 0.533. The molecule has 104 valence electrons. The Morgan fingerprint density at radius 3 is 2.42 bits per heavy atom. The summed E-state index contributed by atoms with van der Waals surface area (Å²) >= 11 is 0. The van der Waals surface area contributed by atoms with E-state index < -0.39 is 6.10 Å². The summed E-state index contributed by atoms with van der Waals surface area (Å²) in [5, 5.41) is 12.8. The molecule has 1 aromatic rings. The molecule has 2 rings (SSSR count). The Bertz CT molecular complexity index is 428. The van der Waals surface area contributed by atoms with Crippen molar-refractivity contribution < 1.29 is 9.90 Å². The molecule has 2 N–H and O–H groups in total. The van der Waals surface area contributed by atoms with Crippen molar-refractivity contribution in [3.05, 3.63) is 29.8 Å². The fourth-order valence-corrected chi connectivity index (χ4v) is 2.44. The summed E-state index contributed by atoms with van der Waals surface area (Å²) in [6.07, 6.45) is 3.36. The number of carbonyl (C=O) groups excluding carboxylic acids is 1. The number of nitrogens with zero attached hydrogens (tertiary/aromatic N) is 1. The Labute approximate surface area is 114 Å². The minimum Gasteiger partial charge on any atom is -0.391 e. The maximum absolute atomic E-state index is 12.1. The van der Waals surface area contributed by atoms with Crippen LogP contribution in [0, 0.1) is 0 Å². The summed E-state index contributed by atoms with van der Waals surface area (Å²) in [6, 6.07) is 7.38. The number of aliphatic hydroxyl groups is 1. The van der Waals surface area contributed by atoms with Crippen LogP contribution in [0.25, 0.3) is 0 Å². The SMILES string of the molecule is CN(C)c1ccc(C(=O)NC2CCCCC2O)cc1. The van der Waals surface area contributed by atoms with E-state index in [-0.39, 0.29) is 11.9 Å². The molecule has 0 aromatic heterocycles. The zero-order chi connectivity index (χ0) is 13.8. The number of anilines is 1. The lowest BCUT2D eigenvalue weighted by Gasteiger charge is -2.28. The van der Waals surface area contributed by atoms with Crippen LogP contribution >= 0.6 is 0 Å². The molecule has 0 heterocycles. The van der Waals surface area contributed by atoms with E-state index >= 15 is 0 Å². The molecule has 1 aliphatic carbocycles. The first-order valence-corrected chi connectivity index (χ1v) is 6.84. The number of hydrogen-bond acceptors (Lipinski definition) is 3. The smallest absolute Gasteiger partial charge is 0.251 e. The van der Waals surface area contributed by atoms with E-state index in [0.29, 0.717) is 5.56 Å². The van der Waals surface area contributed by atoms with Crippen molar-refractivity contribution in [1.82, 2.24) is 5.32 Å². The van der Waals surface area contributed by atoms with Gasteiger partial charge in [0.2, 0.25) is 0 Å². The van der Waals surface area contributed by atoms with Gasteiger partial charge in [-0.3, -0.25) is 4.79 Å². The zero-order valence-corrected chi connectivity index (χ0v) is 11.6. The molecule has 4 nitrogen and oxygen atoms in total. The van der Waals surface area contributed by atoms with Crippen molar-refractivity contribution in [1.29, 1.82) is 0 Å². The highest BCUT2D eigenvalue weighted by Gasteiger charge is 2.24. The quantitative estimate of drug-likeness (QED) is 0.873. The van der Waals surface area contributed by atoms with Crippen LogP contribution in [-0.4, -0.2) is 37.3 Å². The van der Waals surface area contributed by atoms with E-state index in [1.165, 1.54) is 0 Å². The Hall–Kier alpha value is -1.55. The molecule has 0 spiro atoms. The number of amides is 1. The third-order valence-corrected chi connectivity index (χ3v) is 3.69. The first kappa shape index (κ1) is 13.9. The number of rotatable bonds is 3. The second-order valence-corrected chi connectivity index (χ2v) is 5.37. The van der Waals surface area contributed by atoms with E-state index in [0.717, 1.165) is 31.4 Å². The lowest BCUT2D eigenvalue weighted by atomic mass is 9.92. The Morgan fingerprint density at radius 1 is 1.21 bits per heavy atom. The van der Waals surface area contributed by atoms with E-state index in [1.54, 1.807) is 0 Å². The van der Waals surface area contributed by atoms with Gasteiger partial charge in [0.1, 0.15) is 0 Å². The average molecular weight is 262 g/mol. The number of aliphatic hydroxyl groups excluding tert-OH is 1. The molecule has 0 bridgehead atoms. The highest BCUT2D eigenvalue weighted by atomic mass is 16.3. The van der Waals surface area contributed by atoms with Crippen LogP contribution in [0.1, 0.15) is 36.0 Å². The summed E-state index contributed by atoms with van der Waals surface area (Å²) in [6.45, 7) is 0. The molecule has 2 atom stereocenters. The van der Waals surface area contributed by atoms with Crippen molar-refractivity contribution >= 4 is 11.6 Å². The van der Waals surface area contributed by atoms with Gasteiger partial charge in [-0.15, -0.1) is 0 Å². The van der Waals surface area contributed by atoms with Crippen LogP contribution in [0.4, 0.5) is 5.69 Å². The first-order valence-electron chi connectivity index (χ1n) is 6.84. The fourth-order valence-electron chi connectivity index (χ4n) is 2.44. The second kappa shape index (κ2) is 6.06. The summed E-state index contributed by atoms with van der Waals surface area (Å²) in [4.78, 5) is 14.1. The Kier molecular flexibility index (Phi) is 4.43. The molecule has 1 amide bonds. The third-order valence-electron chi connectivity index (χ3n) is 3.69. The van der Waals surface area contributed by atoms with Gasteiger partial charge in [-0.2, -0.15) is 0 Å². The molecule has 1 saturated carbocycles. The van der Waals surface area contributed by atoms with E-state index in [1.807, 2.05) is 43.3 Å². The van der Waals surface area contributed by atoms with Crippen molar-refractivity contribution in [2.45, 2.75) is 37.8 Å². The summed E-state index contributed by atoms with van der Waals surface area (Å²) in [5.41, 5.74) is 1.71. The molecule has 0 saturated heterocycles. The van der Waals surface area contributed by atoms with Crippen molar-refractivity contribution in [2.75, 3.05) is 19.0 Å². The summed E-state index contributed by atoms with van der Waals surface area (Å²) in [5.74, 6) is -0.101.